The molecule has 0 saturated heterocycles. The number of nitrogens with zero attached hydrogens (tertiary/aromatic N) is 1. The molecule has 1 heterocycles. The van der Waals surface area contributed by atoms with E-state index in [1.54, 1.807) is 11.3 Å². The SMILES string of the molecule is CN(C)[C@@H](CNC(=O)COc1ccccc1)c1ccsc1. The molecule has 1 N–H and O–H groups in total. The van der Waals surface area contributed by atoms with Crippen LogP contribution in [-0.4, -0.2) is 38.1 Å². The van der Waals surface area contributed by atoms with E-state index in [1.165, 1.54) is 5.56 Å². The van der Waals surface area contributed by atoms with Gasteiger partial charge in [0.1, 0.15) is 5.75 Å². The number of para-hydroxylation sites is 1. The number of carbonyl (C=O) groups is 1. The molecule has 2 rings (SSSR count). The Bertz CT molecular complexity index is 541. The molecular formula is C16H20N2O2S. The number of amides is 1. The molecule has 5 heteroatoms. The Labute approximate surface area is 129 Å². The minimum absolute atomic E-state index is 0.0355. The van der Waals surface area contributed by atoms with Gasteiger partial charge in [-0.2, -0.15) is 11.3 Å². The molecule has 0 aliphatic rings. The number of hydrogen-bond donors (Lipinski definition) is 1. The minimum Gasteiger partial charge on any atom is -0.484 e. The largest absolute Gasteiger partial charge is 0.484 e. The van der Waals surface area contributed by atoms with Gasteiger partial charge in [-0.3, -0.25) is 4.79 Å². The van der Waals surface area contributed by atoms with Crippen molar-refractivity contribution >= 4 is 17.2 Å². The molecule has 4 nitrogen and oxygen atoms in total. The van der Waals surface area contributed by atoms with Crippen LogP contribution in [0.2, 0.25) is 0 Å². The summed E-state index contributed by atoms with van der Waals surface area (Å²) in [4.78, 5) is 14.0. The molecule has 0 bridgehead atoms. The molecule has 2 aromatic rings. The van der Waals surface area contributed by atoms with Crippen LogP contribution in [0.15, 0.2) is 47.2 Å². The Balaban J connectivity index is 1.80. The van der Waals surface area contributed by atoms with Crippen LogP contribution in [-0.2, 0) is 4.79 Å². The third-order valence-corrected chi connectivity index (χ3v) is 3.86. The van der Waals surface area contributed by atoms with Gasteiger partial charge >= 0.3 is 0 Å². The smallest absolute Gasteiger partial charge is 0.258 e. The van der Waals surface area contributed by atoms with E-state index in [-0.39, 0.29) is 18.6 Å². The van der Waals surface area contributed by atoms with Gasteiger partial charge in [0.2, 0.25) is 0 Å². The zero-order valence-corrected chi connectivity index (χ0v) is 13.1. The van der Waals surface area contributed by atoms with Crippen molar-refractivity contribution in [2.24, 2.45) is 0 Å². The third-order valence-electron chi connectivity index (χ3n) is 3.16. The third kappa shape index (κ3) is 4.88. The summed E-state index contributed by atoms with van der Waals surface area (Å²) in [6, 6.07) is 11.6. The first-order valence-corrected chi connectivity index (χ1v) is 7.74. The van der Waals surface area contributed by atoms with Crippen LogP contribution < -0.4 is 10.1 Å². The lowest BCUT2D eigenvalue weighted by Gasteiger charge is -2.24. The molecule has 0 aliphatic heterocycles. The van der Waals surface area contributed by atoms with Gasteiger partial charge in [-0.15, -0.1) is 0 Å². The first kappa shape index (κ1) is 15.5. The zero-order valence-electron chi connectivity index (χ0n) is 12.3. The fourth-order valence-electron chi connectivity index (χ4n) is 1.99. The highest BCUT2D eigenvalue weighted by Crippen LogP contribution is 2.19. The predicted octanol–water partition coefficient (Wildman–Crippen LogP) is 2.55. The van der Waals surface area contributed by atoms with Gasteiger partial charge in [-0.25, -0.2) is 0 Å². The quantitative estimate of drug-likeness (QED) is 0.855. The zero-order chi connectivity index (χ0) is 15.1. The standard InChI is InChI=1S/C16H20N2O2S/c1-18(2)15(13-8-9-21-12-13)10-17-16(19)11-20-14-6-4-3-5-7-14/h3-9,12,15H,10-11H2,1-2H3,(H,17,19)/t15-/m0/s1. The molecule has 1 atom stereocenters. The second-order valence-corrected chi connectivity index (χ2v) is 5.72. The summed E-state index contributed by atoms with van der Waals surface area (Å²) in [5.74, 6) is 0.593. The predicted molar refractivity (Wildman–Crippen MR) is 85.7 cm³/mol. The summed E-state index contributed by atoms with van der Waals surface area (Å²) in [5.41, 5.74) is 1.22. The van der Waals surface area contributed by atoms with Crippen molar-refractivity contribution < 1.29 is 9.53 Å². The first-order chi connectivity index (χ1) is 10.2. The van der Waals surface area contributed by atoms with E-state index < -0.39 is 0 Å². The molecule has 1 amide bonds. The van der Waals surface area contributed by atoms with Gasteiger partial charge in [0, 0.05) is 6.54 Å². The first-order valence-electron chi connectivity index (χ1n) is 6.80. The van der Waals surface area contributed by atoms with Gasteiger partial charge in [0.05, 0.1) is 6.04 Å². The van der Waals surface area contributed by atoms with Crippen LogP contribution in [0.4, 0.5) is 0 Å². The van der Waals surface area contributed by atoms with Gasteiger partial charge in [-0.1, -0.05) is 18.2 Å². The van der Waals surface area contributed by atoms with E-state index in [0.29, 0.717) is 12.3 Å². The van der Waals surface area contributed by atoms with Gasteiger partial charge < -0.3 is 15.0 Å². The average Bonchev–Trinajstić information content (AvgIpc) is 3.00. The van der Waals surface area contributed by atoms with Crippen LogP contribution >= 0.6 is 11.3 Å². The molecule has 0 unspecified atom stereocenters. The summed E-state index contributed by atoms with van der Waals surface area (Å²) in [7, 11) is 4.02. The van der Waals surface area contributed by atoms with E-state index in [2.05, 4.69) is 21.7 Å². The van der Waals surface area contributed by atoms with E-state index in [9.17, 15) is 4.79 Å². The Morgan fingerprint density at radius 1 is 1.29 bits per heavy atom. The van der Waals surface area contributed by atoms with E-state index in [4.69, 9.17) is 4.74 Å². The monoisotopic (exact) mass is 304 g/mol. The maximum absolute atomic E-state index is 11.9. The molecule has 1 aromatic heterocycles. The van der Waals surface area contributed by atoms with Crippen molar-refractivity contribution in [1.82, 2.24) is 10.2 Å². The molecule has 1 aromatic carbocycles. The summed E-state index contributed by atoms with van der Waals surface area (Å²) >= 11 is 1.66. The fourth-order valence-corrected chi connectivity index (χ4v) is 2.70. The number of nitrogens with one attached hydrogen (secondary N) is 1. The van der Waals surface area contributed by atoms with Crippen molar-refractivity contribution in [3.05, 3.63) is 52.7 Å². The summed E-state index contributed by atoms with van der Waals surface area (Å²) in [5, 5.41) is 7.08. The maximum atomic E-state index is 11.9. The lowest BCUT2D eigenvalue weighted by molar-refractivity contribution is -0.123. The molecule has 0 aliphatic carbocycles. The number of hydrogen-bond acceptors (Lipinski definition) is 4. The van der Waals surface area contributed by atoms with Crippen LogP contribution in [0, 0.1) is 0 Å². The van der Waals surface area contributed by atoms with Crippen molar-refractivity contribution in [1.29, 1.82) is 0 Å². The van der Waals surface area contributed by atoms with E-state index in [1.807, 2.05) is 49.8 Å². The van der Waals surface area contributed by atoms with E-state index in [0.717, 1.165) is 0 Å². The van der Waals surface area contributed by atoms with Crippen molar-refractivity contribution in [3.8, 4) is 5.75 Å². The number of carbonyl (C=O) groups excluding carboxylic acids is 1. The summed E-state index contributed by atoms with van der Waals surface area (Å²) in [6.45, 7) is 0.606. The van der Waals surface area contributed by atoms with Crippen molar-refractivity contribution in [3.63, 3.8) is 0 Å². The maximum Gasteiger partial charge on any atom is 0.258 e. The van der Waals surface area contributed by atoms with Crippen molar-refractivity contribution in [2.45, 2.75) is 6.04 Å². The number of likely N-dealkylation sites (N-methyl/N-ethyl adjacent to an activating group) is 1. The van der Waals surface area contributed by atoms with Gasteiger partial charge in [0.25, 0.3) is 5.91 Å². The van der Waals surface area contributed by atoms with Crippen molar-refractivity contribution in [2.75, 3.05) is 27.2 Å². The lowest BCUT2D eigenvalue weighted by Crippen LogP contribution is -2.36. The average molecular weight is 304 g/mol. The molecule has 21 heavy (non-hydrogen) atoms. The number of benzene rings is 1. The molecule has 112 valence electrons. The van der Waals surface area contributed by atoms with Gasteiger partial charge in [0.15, 0.2) is 6.61 Å². The minimum atomic E-state index is -0.110. The van der Waals surface area contributed by atoms with Gasteiger partial charge in [-0.05, 0) is 48.6 Å². The summed E-state index contributed by atoms with van der Waals surface area (Å²) in [6.07, 6.45) is 0. The Morgan fingerprint density at radius 3 is 2.67 bits per heavy atom. The molecule has 0 fully saturated rings. The fraction of sp³-hybridized carbons (Fsp3) is 0.312. The number of thiophene rings is 1. The second-order valence-electron chi connectivity index (χ2n) is 4.94. The highest BCUT2D eigenvalue weighted by molar-refractivity contribution is 7.07. The molecule has 0 radical (unpaired) electrons. The normalized spacial score (nSPS) is 12.1. The number of rotatable bonds is 7. The number of ether oxygens (including phenoxy) is 1. The van der Waals surface area contributed by atoms with Crippen LogP contribution in [0.1, 0.15) is 11.6 Å². The van der Waals surface area contributed by atoms with Crippen LogP contribution in [0.5, 0.6) is 5.75 Å². The Kier molecular flexibility index (Phi) is 5.78. The molecule has 0 saturated carbocycles. The van der Waals surface area contributed by atoms with Crippen LogP contribution in [0.25, 0.3) is 0 Å². The topological polar surface area (TPSA) is 41.6 Å². The highest BCUT2D eigenvalue weighted by Gasteiger charge is 2.15. The van der Waals surface area contributed by atoms with E-state index >= 15 is 0 Å². The Morgan fingerprint density at radius 2 is 2.05 bits per heavy atom. The van der Waals surface area contributed by atoms with Crippen LogP contribution in [0.3, 0.4) is 0 Å². The highest BCUT2D eigenvalue weighted by atomic mass is 32.1. The lowest BCUT2D eigenvalue weighted by atomic mass is 10.1. The molecular weight excluding hydrogens is 284 g/mol. The second kappa shape index (κ2) is 7.81. The Hall–Kier alpha value is -1.85. The molecule has 0 spiro atoms. The summed E-state index contributed by atoms with van der Waals surface area (Å²) < 4.78 is 5.43.